The third-order valence-corrected chi connectivity index (χ3v) is 5.30. The number of methoxy groups -OCH3 is 2. The second-order valence-corrected chi connectivity index (χ2v) is 7.20. The Balaban J connectivity index is 1.76. The van der Waals surface area contributed by atoms with Crippen LogP contribution in [0.3, 0.4) is 0 Å². The van der Waals surface area contributed by atoms with E-state index in [1.165, 1.54) is 11.3 Å². The van der Waals surface area contributed by atoms with Gasteiger partial charge in [0, 0.05) is 27.1 Å². The van der Waals surface area contributed by atoms with E-state index in [9.17, 15) is 4.79 Å². The molecule has 0 radical (unpaired) electrons. The molecule has 0 bridgehead atoms. The van der Waals surface area contributed by atoms with Crippen molar-refractivity contribution in [2.24, 2.45) is 0 Å². The number of ether oxygens (including phenoxy) is 2. The van der Waals surface area contributed by atoms with Crippen molar-refractivity contribution in [1.29, 1.82) is 0 Å². The zero-order valence-corrected chi connectivity index (χ0v) is 16.9. The van der Waals surface area contributed by atoms with Crippen molar-refractivity contribution in [3.05, 3.63) is 57.4 Å². The maximum atomic E-state index is 12.3. The van der Waals surface area contributed by atoms with E-state index >= 15 is 0 Å². The summed E-state index contributed by atoms with van der Waals surface area (Å²) < 4.78 is 10.6. The molecule has 0 fully saturated rings. The largest absolute Gasteiger partial charge is 0.497 e. The second kappa shape index (κ2) is 8.61. The Morgan fingerprint density at radius 1 is 1.15 bits per heavy atom. The molecule has 0 saturated heterocycles. The van der Waals surface area contributed by atoms with E-state index in [4.69, 9.17) is 32.7 Å². The maximum absolute atomic E-state index is 12.3. The minimum Gasteiger partial charge on any atom is -0.497 e. The van der Waals surface area contributed by atoms with Gasteiger partial charge in [-0.05, 0) is 29.8 Å². The topological polar surface area (TPSA) is 60.5 Å². The van der Waals surface area contributed by atoms with Crippen LogP contribution >= 0.6 is 34.5 Å². The van der Waals surface area contributed by atoms with Gasteiger partial charge in [0.1, 0.15) is 11.5 Å². The molecule has 2 aromatic carbocycles. The molecule has 0 spiro atoms. The van der Waals surface area contributed by atoms with E-state index in [-0.39, 0.29) is 12.3 Å². The first-order valence-corrected chi connectivity index (χ1v) is 9.56. The first-order valence-electron chi connectivity index (χ1n) is 7.92. The number of carbonyl (C=O) groups is 1. The van der Waals surface area contributed by atoms with Crippen molar-refractivity contribution < 1.29 is 14.3 Å². The molecule has 27 heavy (non-hydrogen) atoms. The molecular formula is C19H16Cl2N2O3S. The first-order chi connectivity index (χ1) is 13.0. The van der Waals surface area contributed by atoms with Crippen LogP contribution in [-0.2, 0) is 11.2 Å². The minimum atomic E-state index is -0.243. The smallest absolute Gasteiger partial charge is 0.230 e. The molecule has 5 nitrogen and oxygen atoms in total. The Morgan fingerprint density at radius 2 is 1.89 bits per heavy atom. The van der Waals surface area contributed by atoms with E-state index in [0.29, 0.717) is 37.9 Å². The molecule has 8 heteroatoms. The summed E-state index contributed by atoms with van der Waals surface area (Å²) in [6, 6.07) is 10.6. The van der Waals surface area contributed by atoms with Crippen LogP contribution in [-0.4, -0.2) is 25.1 Å². The van der Waals surface area contributed by atoms with Crippen molar-refractivity contribution in [1.82, 2.24) is 4.98 Å². The Kier molecular flexibility index (Phi) is 6.21. The van der Waals surface area contributed by atoms with Gasteiger partial charge in [-0.3, -0.25) is 4.79 Å². The lowest BCUT2D eigenvalue weighted by Crippen LogP contribution is -2.14. The van der Waals surface area contributed by atoms with Gasteiger partial charge in [0.2, 0.25) is 5.91 Å². The number of hydrogen-bond acceptors (Lipinski definition) is 5. The molecule has 3 rings (SSSR count). The summed E-state index contributed by atoms with van der Waals surface area (Å²) in [5, 5.41) is 6.03. The van der Waals surface area contributed by atoms with Crippen molar-refractivity contribution in [3.8, 4) is 22.8 Å². The average molecular weight is 423 g/mol. The highest BCUT2D eigenvalue weighted by Crippen LogP contribution is 2.35. The number of nitrogens with zero attached hydrogens (tertiary/aromatic N) is 1. The standard InChI is InChI=1S/C19H16Cl2N2O3S/c1-25-11-6-7-12(17(8-11)26-2)16-10-27-19(22-16)23-18(24)9-13-14(20)4-3-5-15(13)21/h3-8,10H,9H2,1-2H3,(H,22,23,24). The lowest BCUT2D eigenvalue weighted by molar-refractivity contribution is -0.115. The van der Waals surface area contributed by atoms with Crippen molar-refractivity contribution in [2.45, 2.75) is 6.42 Å². The number of anilines is 1. The van der Waals surface area contributed by atoms with Crippen molar-refractivity contribution >= 4 is 45.6 Å². The van der Waals surface area contributed by atoms with Gasteiger partial charge in [0.25, 0.3) is 0 Å². The normalized spacial score (nSPS) is 10.5. The fraction of sp³-hybridized carbons (Fsp3) is 0.158. The van der Waals surface area contributed by atoms with Gasteiger partial charge in [-0.2, -0.15) is 0 Å². The molecular weight excluding hydrogens is 407 g/mol. The van der Waals surface area contributed by atoms with Crippen LogP contribution in [0.25, 0.3) is 11.3 Å². The molecule has 3 aromatic rings. The molecule has 0 aliphatic carbocycles. The van der Waals surface area contributed by atoms with E-state index in [1.54, 1.807) is 38.5 Å². The van der Waals surface area contributed by atoms with Gasteiger partial charge >= 0.3 is 0 Å². The van der Waals surface area contributed by atoms with Gasteiger partial charge in [-0.25, -0.2) is 4.98 Å². The number of carbonyl (C=O) groups excluding carboxylic acids is 1. The quantitative estimate of drug-likeness (QED) is 0.583. The number of halogens is 2. The summed E-state index contributed by atoms with van der Waals surface area (Å²) >= 11 is 13.6. The fourth-order valence-electron chi connectivity index (χ4n) is 2.49. The van der Waals surface area contributed by atoms with Crippen LogP contribution in [0, 0.1) is 0 Å². The molecule has 1 heterocycles. The highest BCUT2D eigenvalue weighted by molar-refractivity contribution is 7.14. The molecule has 1 aromatic heterocycles. The highest BCUT2D eigenvalue weighted by Gasteiger charge is 2.15. The number of amides is 1. The summed E-state index contributed by atoms with van der Waals surface area (Å²) in [6.07, 6.45) is 0.0687. The Bertz CT molecular complexity index is 955. The molecule has 0 unspecified atom stereocenters. The van der Waals surface area contributed by atoms with Crippen molar-refractivity contribution in [2.75, 3.05) is 19.5 Å². The van der Waals surface area contributed by atoms with Crippen LogP contribution in [0.2, 0.25) is 10.0 Å². The van der Waals surface area contributed by atoms with Crippen LogP contribution < -0.4 is 14.8 Å². The molecule has 0 aliphatic rings. The number of thiazole rings is 1. The van der Waals surface area contributed by atoms with E-state index < -0.39 is 0 Å². The third kappa shape index (κ3) is 4.53. The number of nitrogens with one attached hydrogen (secondary N) is 1. The zero-order chi connectivity index (χ0) is 19.4. The van der Waals surface area contributed by atoms with Gasteiger partial charge in [-0.1, -0.05) is 29.3 Å². The first kappa shape index (κ1) is 19.5. The summed E-state index contributed by atoms with van der Waals surface area (Å²) in [6.45, 7) is 0. The summed E-state index contributed by atoms with van der Waals surface area (Å²) in [5.41, 5.74) is 2.10. The van der Waals surface area contributed by atoms with E-state index in [2.05, 4.69) is 10.3 Å². The Labute approximate surface area is 170 Å². The Hall–Kier alpha value is -2.28. The average Bonchev–Trinajstić information content (AvgIpc) is 3.12. The number of hydrogen-bond donors (Lipinski definition) is 1. The van der Waals surface area contributed by atoms with E-state index in [0.717, 1.165) is 5.56 Å². The highest BCUT2D eigenvalue weighted by atomic mass is 35.5. The van der Waals surface area contributed by atoms with Gasteiger partial charge < -0.3 is 14.8 Å². The zero-order valence-electron chi connectivity index (χ0n) is 14.6. The van der Waals surface area contributed by atoms with Gasteiger partial charge in [0.15, 0.2) is 5.13 Å². The van der Waals surface area contributed by atoms with Crippen LogP contribution in [0.15, 0.2) is 41.8 Å². The summed E-state index contributed by atoms with van der Waals surface area (Å²) in [7, 11) is 3.18. The van der Waals surface area contributed by atoms with Crippen LogP contribution in [0.4, 0.5) is 5.13 Å². The Morgan fingerprint density at radius 3 is 2.56 bits per heavy atom. The molecule has 0 atom stereocenters. The molecule has 0 saturated carbocycles. The predicted octanol–water partition coefficient (Wildman–Crippen LogP) is 5.32. The fourth-order valence-corrected chi connectivity index (χ4v) is 3.75. The number of rotatable bonds is 6. The maximum Gasteiger partial charge on any atom is 0.230 e. The molecule has 1 N–H and O–H groups in total. The minimum absolute atomic E-state index is 0.0687. The molecule has 140 valence electrons. The lowest BCUT2D eigenvalue weighted by atomic mass is 10.1. The summed E-state index contributed by atoms with van der Waals surface area (Å²) in [4.78, 5) is 16.8. The number of aromatic nitrogens is 1. The molecule has 1 amide bonds. The van der Waals surface area contributed by atoms with Gasteiger partial charge in [0.05, 0.1) is 26.3 Å². The lowest BCUT2D eigenvalue weighted by Gasteiger charge is -2.08. The third-order valence-electron chi connectivity index (χ3n) is 3.83. The molecule has 0 aliphatic heterocycles. The van der Waals surface area contributed by atoms with Gasteiger partial charge in [-0.15, -0.1) is 11.3 Å². The van der Waals surface area contributed by atoms with Crippen LogP contribution in [0.5, 0.6) is 11.5 Å². The van der Waals surface area contributed by atoms with Crippen molar-refractivity contribution in [3.63, 3.8) is 0 Å². The monoisotopic (exact) mass is 422 g/mol. The number of benzene rings is 2. The SMILES string of the molecule is COc1ccc(-c2csc(NC(=O)Cc3c(Cl)cccc3Cl)n2)c(OC)c1. The summed E-state index contributed by atoms with van der Waals surface area (Å²) in [5.74, 6) is 1.09. The predicted molar refractivity (Wildman–Crippen MR) is 109 cm³/mol. The van der Waals surface area contributed by atoms with E-state index in [1.807, 2.05) is 17.5 Å². The second-order valence-electron chi connectivity index (χ2n) is 5.53. The van der Waals surface area contributed by atoms with Crippen LogP contribution in [0.1, 0.15) is 5.56 Å².